The molecule has 108 valence electrons. The van der Waals surface area contributed by atoms with Crippen molar-refractivity contribution in [3.05, 3.63) is 47.3 Å². The lowest BCUT2D eigenvalue weighted by atomic mass is 10.1. The van der Waals surface area contributed by atoms with Crippen LogP contribution in [0.15, 0.2) is 30.5 Å². The third kappa shape index (κ3) is 2.94. The number of carbonyl (C=O) groups excluding carboxylic acids is 2. The van der Waals surface area contributed by atoms with Crippen molar-refractivity contribution < 1.29 is 9.59 Å². The van der Waals surface area contributed by atoms with E-state index in [1.54, 1.807) is 16.8 Å². The molecule has 3 rings (SSSR count). The SMILES string of the molecule is Cn1ccc(CCNC(=O)c2ccc3c(c2)NC(=O)C3)n1. The number of benzene rings is 1. The Labute approximate surface area is 122 Å². The number of hydrogen-bond donors (Lipinski definition) is 2. The summed E-state index contributed by atoms with van der Waals surface area (Å²) in [5.74, 6) is -0.174. The van der Waals surface area contributed by atoms with E-state index in [2.05, 4.69) is 15.7 Å². The van der Waals surface area contributed by atoms with Gasteiger partial charge in [-0.3, -0.25) is 14.3 Å². The molecule has 0 saturated carbocycles. The molecule has 6 heteroatoms. The summed E-state index contributed by atoms with van der Waals surface area (Å²) in [7, 11) is 1.86. The second-order valence-electron chi connectivity index (χ2n) is 5.08. The van der Waals surface area contributed by atoms with Crippen LogP contribution in [0.3, 0.4) is 0 Å². The average molecular weight is 284 g/mol. The van der Waals surface area contributed by atoms with E-state index < -0.39 is 0 Å². The summed E-state index contributed by atoms with van der Waals surface area (Å²) in [6, 6.07) is 7.21. The number of fused-ring (bicyclic) bond motifs is 1. The topological polar surface area (TPSA) is 76.0 Å². The number of hydrogen-bond acceptors (Lipinski definition) is 3. The fourth-order valence-corrected chi connectivity index (χ4v) is 2.36. The Morgan fingerprint density at radius 1 is 1.43 bits per heavy atom. The lowest BCUT2D eigenvalue weighted by Gasteiger charge is -2.06. The fraction of sp³-hybridized carbons (Fsp3) is 0.267. The molecule has 0 atom stereocenters. The third-order valence-electron chi connectivity index (χ3n) is 3.43. The summed E-state index contributed by atoms with van der Waals surface area (Å²) >= 11 is 0. The van der Waals surface area contributed by atoms with Gasteiger partial charge in [-0.1, -0.05) is 6.07 Å². The molecular formula is C15H16N4O2. The first-order valence-electron chi connectivity index (χ1n) is 6.81. The van der Waals surface area contributed by atoms with E-state index in [0.717, 1.165) is 16.9 Å². The number of aromatic nitrogens is 2. The summed E-state index contributed by atoms with van der Waals surface area (Å²) in [5, 5.41) is 9.86. The van der Waals surface area contributed by atoms with Crippen LogP contribution in [0.25, 0.3) is 0 Å². The Bertz CT molecular complexity index is 705. The predicted molar refractivity (Wildman–Crippen MR) is 78.0 cm³/mol. The normalized spacial score (nSPS) is 12.9. The summed E-state index contributed by atoms with van der Waals surface area (Å²) in [6.07, 6.45) is 2.95. The van der Waals surface area contributed by atoms with E-state index in [-0.39, 0.29) is 11.8 Å². The molecule has 1 aromatic heterocycles. The molecule has 0 saturated heterocycles. The van der Waals surface area contributed by atoms with Crippen molar-refractivity contribution in [1.29, 1.82) is 0 Å². The van der Waals surface area contributed by atoms with Gasteiger partial charge in [0, 0.05) is 37.5 Å². The van der Waals surface area contributed by atoms with Gasteiger partial charge in [0.05, 0.1) is 12.1 Å². The summed E-state index contributed by atoms with van der Waals surface area (Å²) < 4.78 is 1.74. The fourth-order valence-electron chi connectivity index (χ4n) is 2.36. The lowest BCUT2D eigenvalue weighted by Crippen LogP contribution is -2.25. The minimum absolute atomic E-state index is 0.0299. The van der Waals surface area contributed by atoms with E-state index in [1.165, 1.54) is 0 Å². The molecule has 0 spiro atoms. The molecule has 6 nitrogen and oxygen atoms in total. The highest BCUT2D eigenvalue weighted by molar-refractivity contribution is 6.02. The molecule has 1 aliphatic rings. The van der Waals surface area contributed by atoms with Crippen LogP contribution in [0.5, 0.6) is 0 Å². The maximum atomic E-state index is 12.1. The van der Waals surface area contributed by atoms with E-state index in [4.69, 9.17) is 0 Å². The van der Waals surface area contributed by atoms with Gasteiger partial charge >= 0.3 is 0 Å². The molecule has 0 bridgehead atoms. The van der Waals surface area contributed by atoms with E-state index >= 15 is 0 Å². The molecule has 0 fully saturated rings. The second-order valence-corrected chi connectivity index (χ2v) is 5.08. The maximum absolute atomic E-state index is 12.1. The number of aryl methyl sites for hydroxylation is 1. The highest BCUT2D eigenvalue weighted by Gasteiger charge is 2.18. The largest absolute Gasteiger partial charge is 0.352 e. The molecule has 2 heterocycles. The summed E-state index contributed by atoms with van der Waals surface area (Å²) in [5.41, 5.74) is 3.17. The minimum Gasteiger partial charge on any atom is -0.352 e. The van der Waals surface area contributed by atoms with Crippen LogP contribution in [0.4, 0.5) is 5.69 Å². The minimum atomic E-state index is -0.144. The van der Waals surface area contributed by atoms with Crippen LogP contribution in [0.1, 0.15) is 21.6 Å². The van der Waals surface area contributed by atoms with Crippen LogP contribution in [-0.4, -0.2) is 28.1 Å². The molecule has 2 aromatic rings. The summed E-state index contributed by atoms with van der Waals surface area (Å²) in [6.45, 7) is 0.527. The molecule has 2 amide bonds. The maximum Gasteiger partial charge on any atom is 0.251 e. The van der Waals surface area contributed by atoms with Gasteiger partial charge in [0.25, 0.3) is 5.91 Å². The van der Waals surface area contributed by atoms with Gasteiger partial charge in [-0.25, -0.2) is 0 Å². The number of nitrogens with zero attached hydrogens (tertiary/aromatic N) is 2. The molecule has 2 N–H and O–H groups in total. The number of carbonyl (C=O) groups is 2. The Hall–Kier alpha value is -2.63. The Balaban J connectivity index is 1.58. The van der Waals surface area contributed by atoms with Crippen LogP contribution in [-0.2, 0) is 24.7 Å². The van der Waals surface area contributed by atoms with Crippen molar-refractivity contribution in [2.45, 2.75) is 12.8 Å². The van der Waals surface area contributed by atoms with Gasteiger partial charge in [-0.2, -0.15) is 5.10 Å². The summed E-state index contributed by atoms with van der Waals surface area (Å²) in [4.78, 5) is 23.4. The highest BCUT2D eigenvalue weighted by Crippen LogP contribution is 2.23. The van der Waals surface area contributed by atoms with Crippen LogP contribution in [0, 0.1) is 0 Å². The Morgan fingerprint density at radius 3 is 3.05 bits per heavy atom. The molecular weight excluding hydrogens is 268 g/mol. The molecule has 0 unspecified atom stereocenters. The zero-order valence-electron chi connectivity index (χ0n) is 11.7. The quantitative estimate of drug-likeness (QED) is 0.875. The first kappa shape index (κ1) is 13.4. The van der Waals surface area contributed by atoms with Gasteiger partial charge in [-0.05, 0) is 23.8 Å². The highest BCUT2D eigenvalue weighted by atomic mass is 16.2. The van der Waals surface area contributed by atoms with Gasteiger partial charge < -0.3 is 10.6 Å². The van der Waals surface area contributed by atoms with Crippen molar-refractivity contribution in [1.82, 2.24) is 15.1 Å². The third-order valence-corrected chi connectivity index (χ3v) is 3.43. The van der Waals surface area contributed by atoms with Gasteiger partial charge in [-0.15, -0.1) is 0 Å². The molecule has 1 aromatic carbocycles. The van der Waals surface area contributed by atoms with Gasteiger partial charge in [0.15, 0.2) is 0 Å². The lowest BCUT2D eigenvalue weighted by molar-refractivity contribution is -0.115. The van der Waals surface area contributed by atoms with Gasteiger partial charge in [0.2, 0.25) is 5.91 Å². The average Bonchev–Trinajstić information content (AvgIpc) is 3.02. The number of amides is 2. The van der Waals surface area contributed by atoms with Crippen molar-refractivity contribution in [2.24, 2.45) is 7.05 Å². The zero-order valence-corrected chi connectivity index (χ0v) is 11.7. The number of nitrogens with one attached hydrogen (secondary N) is 2. The predicted octanol–water partition coefficient (Wildman–Crippen LogP) is 0.887. The standard InChI is InChI=1S/C15H16N4O2/c1-19-7-5-12(18-19)4-6-16-15(21)11-3-2-10-9-14(20)17-13(10)8-11/h2-3,5,7-8H,4,6,9H2,1H3,(H,16,21)(H,17,20). The first-order valence-corrected chi connectivity index (χ1v) is 6.81. The van der Waals surface area contributed by atoms with Crippen LogP contribution >= 0.6 is 0 Å². The van der Waals surface area contributed by atoms with Gasteiger partial charge in [0.1, 0.15) is 0 Å². The van der Waals surface area contributed by atoms with E-state index in [9.17, 15) is 9.59 Å². The molecule has 0 radical (unpaired) electrons. The van der Waals surface area contributed by atoms with Crippen LogP contribution < -0.4 is 10.6 Å². The smallest absolute Gasteiger partial charge is 0.251 e. The van der Waals surface area contributed by atoms with Crippen molar-refractivity contribution >= 4 is 17.5 Å². The molecule has 1 aliphatic heterocycles. The first-order chi connectivity index (χ1) is 10.1. The van der Waals surface area contributed by atoms with E-state index in [0.29, 0.717) is 24.9 Å². The number of rotatable bonds is 4. The Morgan fingerprint density at radius 2 is 2.29 bits per heavy atom. The van der Waals surface area contributed by atoms with Crippen LogP contribution in [0.2, 0.25) is 0 Å². The molecule has 0 aliphatic carbocycles. The number of anilines is 1. The Kier molecular flexibility index (Phi) is 3.43. The van der Waals surface area contributed by atoms with E-state index in [1.807, 2.05) is 25.4 Å². The van der Waals surface area contributed by atoms with Crippen molar-refractivity contribution in [2.75, 3.05) is 11.9 Å². The monoisotopic (exact) mass is 284 g/mol. The molecule has 21 heavy (non-hydrogen) atoms. The van der Waals surface area contributed by atoms with Crippen molar-refractivity contribution in [3.63, 3.8) is 0 Å². The van der Waals surface area contributed by atoms with Crippen molar-refractivity contribution in [3.8, 4) is 0 Å². The zero-order chi connectivity index (χ0) is 14.8. The second kappa shape index (κ2) is 5.40.